The minimum absolute atomic E-state index is 0.0538. The van der Waals surface area contributed by atoms with E-state index in [1.165, 1.54) is 18.3 Å². The van der Waals surface area contributed by atoms with Crippen molar-refractivity contribution in [2.75, 3.05) is 5.73 Å². The lowest BCUT2D eigenvalue weighted by Crippen LogP contribution is -1.98. The third-order valence-corrected chi connectivity index (χ3v) is 2.30. The van der Waals surface area contributed by atoms with Crippen LogP contribution >= 0.6 is 0 Å². The summed E-state index contributed by atoms with van der Waals surface area (Å²) in [4.78, 5) is 7.91. The molecule has 7 heteroatoms. The standard InChI is InChI=1S/C11H8FN5O/c12-6-2-1-3-7(4-6)18-10-8-5-14-17-9(8)15-11(13)16-10/h1-5H,(H3,13,14,15,16,17). The van der Waals surface area contributed by atoms with Crippen molar-refractivity contribution in [3.8, 4) is 11.6 Å². The lowest BCUT2D eigenvalue weighted by Gasteiger charge is -2.05. The highest BCUT2D eigenvalue weighted by Crippen LogP contribution is 2.26. The van der Waals surface area contributed by atoms with Crippen molar-refractivity contribution >= 4 is 17.0 Å². The summed E-state index contributed by atoms with van der Waals surface area (Å²) in [6.45, 7) is 0. The zero-order valence-electron chi connectivity index (χ0n) is 9.09. The van der Waals surface area contributed by atoms with Crippen LogP contribution in [0.2, 0.25) is 0 Å². The van der Waals surface area contributed by atoms with Crippen molar-refractivity contribution in [2.24, 2.45) is 0 Å². The van der Waals surface area contributed by atoms with E-state index >= 15 is 0 Å². The Kier molecular flexibility index (Phi) is 2.30. The molecule has 0 radical (unpaired) electrons. The average molecular weight is 245 g/mol. The number of nitrogen functional groups attached to an aromatic ring is 1. The molecule has 2 heterocycles. The van der Waals surface area contributed by atoms with Gasteiger partial charge in [0.05, 0.1) is 6.20 Å². The summed E-state index contributed by atoms with van der Waals surface area (Å²) in [6.07, 6.45) is 1.52. The number of hydrogen-bond acceptors (Lipinski definition) is 5. The van der Waals surface area contributed by atoms with Gasteiger partial charge < -0.3 is 10.5 Å². The quantitative estimate of drug-likeness (QED) is 0.719. The van der Waals surface area contributed by atoms with Crippen molar-refractivity contribution in [3.63, 3.8) is 0 Å². The van der Waals surface area contributed by atoms with Crippen molar-refractivity contribution in [3.05, 3.63) is 36.3 Å². The number of H-pyrrole nitrogens is 1. The van der Waals surface area contributed by atoms with E-state index in [4.69, 9.17) is 10.5 Å². The third kappa shape index (κ3) is 1.81. The zero-order valence-corrected chi connectivity index (χ0v) is 9.09. The van der Waals surface area contributed by atoms with Gasteiger partial charge in [-0.05, 0) is 12.1 Å². The largest absolute Gasteiger partial charge is 0.438 e. The highest BCUT2D eigenvalue weighted by atomic mass is 19.1. The summed E-state index contributed by atoms with van der Waals surface area (Å²) in [5, 5.41) is 7.07. The second kappa shape index (κ2) is 3.95. The monoisotopic (exact) mass is 245 g/mol. The van der Waals surface area contributed by atoms with E-state index in [0.717, 1.165) is 0 Å². The Morgan fingerprint density at radius 2 is 2.17 bits per heavy atom. The van der Waals surface area contributed by atoms with Crippen molar-refractivity contribution in [2.45, 2.75) is 0 Å². The van der Waals surface area contributed by atoms with Crippen molar-refractivity contribution in [1.29, 1.82) is 0 Å². The lowest BCUT2D eigenvalue weighted by atomic mass is 10.3. The number of nitrogens with two attached hydrogens (primary N) is 1. The highest BCUT2D eigenvalue weighted by Gasteiger charge is 2.10. The molecule has 0 aliphatic rings. The number of aromatic nitrogens is 4. The molecule has 90 valence electrons. The summed E-state index contributed by atoms with van der Waals surface area (Å²) < 4.78 is 18.5. The Balaban J connectivity index is 2.06. The predicted molar refractivity (Wildman–Crippen MR) is 62.6 cm³/mol. The van der Waals surface area contributed by atoms with E-state index in [2.05, 4.69) is 20.2 Å². The van der Waals surface area contributed by atoms with Gasteiger partial charge in [0.1, 0.15) is 17.0 Å². The van der Waals surface area contributed by atoms with Gasteiger partial charge in [-0.3, -0.25) is 5.10 Å². The molecule has 6 nitrogen and oxygen atoms in total. The van der Waals surface area contributed by atoms with E-state index < -0.39 is 5.82 Å². The zero-order chi connectivity index (χ0) is 12.5. The maximum Gasteiger partial charge on any atom is 0.235 e. The molecule has 0 aliphatic carbocycles. The molecule has 1 aromatic carbocycles. The van der Waals surface area contributed by atoms with Crippen LogP contribution in [0.4, 0.5) is 10.3 Å². The van der Waals surface area contributed by atoms with Crippen LogP contribution in [0.15, 0.2) is 30.5 Å². The maximum atomic E-state index is 13.0. The highest BCUT2D eigenvalue weighted by molar-refractivity contribution is 5.80. The van der Waals surface area contributed by atoms with Gasteiger partial charge in [0.25, 0.3) is 0 Å². The predicted octanol–water partition coefficient (Wildman–Crippen LogP) is 1.87. The number of nitrogens with one attached hydrogen (secondary N) is 1. The molecule has 0 amide bonds. The van der Waals surface area contributed by atoms with Crippen LogP contribution in [0.5, 0.6) is 11.6 Å². The number of nitrogens with zero attached hydrogens (tertiary/aromatic N) is 3. The second-order valence-electron chi connectivity index (χ2n) is 3.58. The molecule has 0 fully saturated rings. The molecule has 0 aliphatic heterocycles. The van der Waals surface area contributed by atoms with Crippen LogP contribution < -0.4 is 10.5 Å². The van der Waals surface area contributed by atoms with Gasteiger partial charge in [-0.2, -0.15) is 15.1 Å². The fraction of sp³-hybridized carbons (Fsp3) is 0. The van der Waals surface area contributed by atoms with Gasteiger partial charge in [-0.15, -0.1) is 0 Å². The second-order valence-corrected chi connectivity index (χ2v) is 3.58. The molecule has 0 unspecified atom stereocenters. The molecule has 3 rings (SSSR count). The number of ether oxygens (including phenoxy) is 1. The van der Waals surface area contributed by atoms with Gasteiger partial charge in [-0.1, -0.05) is 6.07 Å². The SMILES string of the molecule is Nc1nc(Oc2cccc(F)c2)c2cn[nH]c2n1. The molecule has 3 aromatic rings. The van der Waals surface area contributed by atoms with E-state index in [1.54, 1.807) is 12.1 Å². The number of benzene rings is 1. The van der Waals surface area contributed by atoms with E-state index in [9.17, 15) is 4.39 Å². The third-order valence-electron chi connectivity index (χ3n) is 2.30. The number of rotatable bonds is 2. The Morgan fingerprint density at radius 1 is 1.28 bits per heavy atom. The van der Waals surface area contributed by atoms with Crippen molar-refractivity contribution < 1.29 is 9.13 Å². The summed E-state index contributed by atoms with van der Waals surface area (Å²) in [5.41, 5.74) is 6.01. The Labute approximate surface area is 101 Å². The minimum atomic E-state index is -0.391. The van der Waals surface area contributed by atoms with E-state index in [-0.39, 0.29) is 11.8 Å². The molecule has 3 N–H and O–H groups in total. The summed E-state index contributed by atoms with van der Waals surface area (Å²) in [7, 11) is 0. The van der Waals surface area contributed by atoms with Crippen LogP contribution in [-0.2, 0) is 0 Å². The fourth-order valence-corrected chi connectivity index (χ4v) is 1.54. The minimum Gasteiger partial charge on any atom is -0.438 e. The first-order valence-corrected chi connectivity index (χ1v) is 5.12. The van der Waals surface area contributed by atoms with Crippen LogP contribution in [0.25, 0.3) is 11.0 Å². The number of aromatic amines is 1. The molecule has 0 atom stereocenters. The van der Waals surface area contributed by atoms with Gasteiger partial charge >= 0.3 is 0 Å². The van der Waals surface area contributed by atoms with Gasteiger partial charge in [0.15, 0.2) is 5.65 Å². The van der Waals surface area contributed by atoms with Crippen LogP contribution in [-0.4, -0.2) is 20.2 Å². The topological polar surface area (TPSA) is 89.7 Å². The number of anilines is 1. The van der Waals surface area contributed by atoms with Crippen LogP contribution in [0.3, 0.4) is 0 Å². The Morgan fingerprint density at radius 3 is 3.00 bits per heavy atom. The number of hydrogen-bond donors (Lipinski definition) is 2. The van der Waals surface area contributed by atoms with E-state index in [1.807, 2.05) is 0 Å². The first-order chi connectivity index (χ1) is 8.72. The Hall–Kier alpha value is -2.70. The molecule has 2 aromatic heterocycles. The molecule has 0 bridgehead atoms. The molecule has 0 saturated heterocycles. The summed E-state index contributed by atoms with van der Waals surface area (Å²) in [5.74, 6) is 0.226. The van der Waals surface area contributed by atoms with Crippen molar-refractivity contribution in [1.82, 2.24) is 20.2 Å². The molecule has 0 spiro atoms. The molecule has 0 saturated carbocycles. The lowest BCUT2D eigenvalue weighted by molar-refractivity contribution is 0.464. The number of halogens is 1. The van der Waals surface area contributed by atoms with Gasteiger partial charge in [0.2, 0.25) is 11.8 Å². The maximum absolute atomic E-state index is 13.0. The molecular weight excluding hydrogens is 237 g/mol. The Bertz CT molecular complexity index is 711. The number of fused-ring (bicyclic) bond motifs is 1. The molecular formula is C11H8FN5O. The molecule has 18 heavy (non-hydrogen) atoms. The first-order valence-electron chi connectivity index (χ1n) is 5.12. The summed E-state index contributed by atoms with van der Waals surface area (Å²) >= 11 is 0. The van der Waals surface area contributed by atoms with Gasteiger partial charge in [0, 0.05) is 6.07 Å². The van der Waals surface area contributed by atoms with Crippen LogP contribution in [0, 0.1) is 5.82 Å². The smallest absolute Gasteiger partial charge is 0.235 e. The first kappa shape index (κ1) is 10.5. The average Bonchev–Trinajstić information content (AvgIpc) is 2.77. The van der Waals surface area contributed by atoms with E-state index in [0.29, 0.717) is 16.8 Å². The normalized spacial score (nSPS) is 10.7. The summed E-state index contributed by atoms with van der Waals surface area (Å²) in [6, 6.07) is 5.74. The van der Waals surface area contributed by atoms with Crippen LogP contribution in [0.1, 0.15) is 0 Å². The fourth-order valence-electron chi connectivity index (χ4n) is 1.54. The van der Waals surface area contributed by atoms with Gasteiger partial charge in [-0.25, -0.2) is 4.39 Å².